The highest BCUT2D eigenvalue weighted by atomic mass is 79.9. The molecule has 0 unspecified atom stereocenters. The minimum absolute atomic E-state index is 0.300. The molecular weight excluding hydrogens is 248 g/mol. The molecule has 72 valence electrons. The van der Waals surface area contributed by atoms with Gasteiger partial charge in [0.05, 0.1) is 7.11 Å². The first-order valence-electron chi connectivity index (χ1n) is 4.00. The van der Waals surface area contributed by atoms with Gasteiger partial charge in [-0.15, -0.1) is 0 Å². The molecule has 4 nitrogen and oxygen atoms in total. The highest BCUT2D eigenvalue weighted by Crippen LogP contribution is 2.29. The molecule has 0 radical (unpaired) electrons. The number of carbonyl (C=O) groups excluding carboxylic acids is 1. The van der Waals surface area contributed by atoms with Gasteiger partial charge in [-0.25, -0.2) is 9.98 Å². The molecule has 14 heavy (non-hydrogen) atoms. The lowest BCUT2D eigenvalue weighted by Gasteiger charge is -2.14. The van der Waals surface area contributed by atoms with E-state index in [1.807, 2.05) is 0 Å². The summed E-state index contributed by atoms with van der Waals surface area (Å²) >= 11 is 3.33. The van der Waals surface area contributed by atoms with Crippen LogP contribution in [-0.4, -0.2) is 25.1 Å². The predicted molar refractivity (Wildman–Crippen MR) is 56.5 cm³/mol. The quantitative estimate of drug-likeness (QED) is 0.665. The summed E-state index contributed by atoms with van der Waals surface area (Å²) in [6.45, 7) is 0. The number of carbonyl (C=O) groups is 1. The third-order valence-corrected chi connectivity index (χ3v) is 2.67. The maximum Gasteiger partial charge on any atom is 0.317 e. The minimum atomic E-state index is -0.399. The fourth-order valence-corrected chi connectivity index (χ4v) is 1.90. The van der Waals surface area contributed by atoms with Gasteiger partial charge in [0.2, 0.25) is 0 Å². The number of nitrogens with zero attached hydrogens (tertiary/aromatic N) is 2. The zero-order chi connectivity index (χ0) is 10.1. The van der Waals surface area contributed by atoms with E-state index in [2.05, 4.69) is 25.9 Å². The predicted octanol–water partition coefficient (Wildman–Crippen LogP) is 1.43. The highest BCUT2D eigenvalue weighted by Gasteiger charge is 2.31. The Labute approximate surface area is 89.2 Å². The summed E-state index contributed by atoms with van der Waals surface area (Å²) in [5.74, 6) is -0.120. The van der Waals surface area contributed by atoms with E-state index in [-0.39, 0.29) is 5.97 Å². The number of hydrogen-bond acceptors (Lipinski definition) is 4. The molecule has 0 aromatic rings. The molecule has 0 aromatic carbocycles. The monoisotopic (exact) mass is 254 g/mol. The molecule has 2 aliphatic heterocycles. The third kappa shape index (κ3) is 1.33. The number of aliphatic imine (C=N–C) groups is 2. The largest absolute Gasteiger partial charge is 0.468 e. The Balaban J connectivity index is 2.40. The lowest BCUT2D eigenvalue weighted by Crippen LogP contribution is -2.21. The van der Waals surface area contributed by atoms with Gasteiger partial charge >= 0.3 is 5.97 Å². The standard InChI is InChI=1S/C9H7BrN2O2/c1-14-9(13)5-2-3-11-8-7(5)6(10)4-12-8/h2-5H,1H3/t5-/m0/s1. The van der Waals surface area contributed by atoms with Crippen molar-refractivity contribution in [2.24, 2.45) is 15.9 Å². The van der Waals surface area contributed by atoms with Crippen molar-refractivity contribution in [1.82, 2.24) is 0 Å². The number of fused-ring (bicyclic) bond motifs is 1. The minimum Gasteiger partial charge on any atom is -0.468 e. The van der Waals surface area contributed by atoms with Crippen LogP contribution in [0.4, 0.5) is 0 Å². The molecule has 0 fully saturated rings. The topological polar surface area (TPSA) is 51.0 Å². The van der Waals surface area contributed by atoms with Crippen LogP contribution >= 0.6 is 15.9 Å². The van der Waals surface area contributed by atoms with Crippen molar-refractivity contribution in [3.63, 3.8) is 0 Å². The van der Waals surface area contributed by atoms with Gasteiger partial charge in [0.1, 0.15) is 5.92 Å². The van der Waals surface area contributed by atoms with E-state index >= 15 is 0 Å². The van der Waals surface area contributed by atoms with Gasteiger partial charge in [-0.2, -0.15) is 0 Å². The number of allylic oxidation sites excluding steroid dienone is 1. The van der Waals surface area contributed by atoms with Crippen molar-refractivity contribution in [2.45, 2.75) is 0 Å². The van der Waals surface area contributed by atoms with Gasteiger partial charge in [0.25, 0.3) is 0 Å². The normalized spacial score (nSPS) is 23.6. The Morgan fingerprint density at radius 3 is 3.14 bits per heavy atom. The second kappa shape index (κ2) is 3.49. The van der Waals surface area contributed by atoms with Crippen molar-refractivity contribution in [3.8, 4) is 0 Å². The molecule has 1 atom stereocenters. The van der Waals surface area contributed by atoms with Gasteiger partial charge in [0, 0.05) is 22.5 Å². The van der Waals surface area contributed by atoms with E-state index in [1.54, 1.807) is 18.5 Å². The number of methoxy groups -OCH3 is 1. The Hall–Kier alpha value is -1.23. The molecular formula is C9H7BrN2O2. The third-order valence-electron chi connectivity index (χ3n) is 2.04. The average molecular weight is 255 g/mol. The van der Waals surface area contributed by atoms with Crippen LogP contribution in [-0.2, 0) is 9.53 Å². The first-order valence-corrected chi connectivity index (χ1v) is 4.79. The smallest absolute Gasteiger partial charge is 0.317 e. The maximum atomic E-state index is 11.4. The molecule has 0 saturated carbocycles. The molecule has 0 saturated heterocycles. The zero-order valence-corrected chi connectivity index (χ0v) is 8.98. The van der Waals surface area contributed by atoms with Crippen molar-refractivity contribution in [3.05, 3.63) is 22.3 Å². The van der Waals surface area contributed by atoms with Gasteiger partial charge in [0.15, 0.2) is 5.84 Å². The number of hydrogen-bond donors (Lipinski definition) is 0. The Bertz CT molecular complexity index is 407. The number of rotatable bonds is 1. The molecule has 0 spiro atoms. The van der Waals surface area contributed by atoms with E-state index in [1.165, 1.54) is 7.11 Å². The van der Waals surface area contributed by atoms with Gasteiger partial charge in [-0.05, 0) is 22.0 Å². The average Bonchev–Trinajstić information content (AvgIpc) is 2.59. The molecule has 5 heteroatoms. The fourth-order valence-electron chi connectivity index (χ4n) is 1.37. The van der Waals surface area contributed by atoms with E-state index in [0.717, 1.165) is 10.1 Å². The number of esters is 1. The van der Waals surface area contributed by atoms with Crippen LogP contribution in [0.1, 0.15) is 0 Å². The van der Waals surface area contributed by atoms with Crippen molar-refractivity contribution >= 4 is 33.9 Å². The van der Waals surface area contributed by atoms with Crippen LogP contribution in [0, 0.1) is 5.92 Å². The number of halogens is 1. The molecule has 0 aromatic heterocycles. The Morgan fingerprint density at radius 2 is 2.43 bits per heavy atom. The summed E-state index contributed by atoms with van der Waals surface area (Å²) < 4.78 is 5.48. The molecule has 2 heterocycles. The highest BCUT2D eigenvalue weighted by molar-refractivity contribution is 9.12. The van der Waals surface area contributed by atoms with Gasteiger partial charge in [-0.3, -0.25) is 4.79 Å². The molecule has 0 N–H and O–H groups in total. The molecule has 0 aliphatic carbocycles. The van der Waals surface area contributed by atoms with Crippen LogP contribution in [0.5, 0.6) is 0 Å². The summed E-state index contributed by atoms with van der Waals surface area (Å²) in [5, 5.41) is 0. The maximum absolute atomic E-state index is 11.4. The van der Waals surface area contributed by atoms with E-state index in [9.17, 15) is 4.79 Å². The summed E-state index contributed by atoms with van der Waals surface area (Å²) in [5.41, 5.74) is 0.777. The molecule has 0 bridgehead atoms. The van der Waals surface area contributed by atoms with Crippen molar-refractivity contribution in [1.29, 1.82) is 0 Å². The summed E-state index contributed by atoms with van der Waals surface area (Å²) in [6, 6.07) is 0. The van der Waals surface area contributed by atoms with Crippen LogP contribution in [0.25, 0.3) is 0 Å². The van der Waals surface area contributed by atoms with E-state index in [4.69, 9.17) is 4.74 Å². The summed E-state index contributed by atoms with van der Waals surface area (Å²) in [7, 11) is 1.37. The fraction of sp³-hybridized carbons (Fsp3) is 0.222. The first kappa shape index (κ1) is 9.33. The molecule has 2 rings (SSSR count). The van der Waals surface area contributed by atoms with Gasteiger partial charge in [-0.1, -0.05) is 0 Å². The second-order valence-electron chi connectivity index (χ2n) is 2.81. The number of amidine groups is 1. The molecule has 0 amide bonds. The van der Waals surface area contributed by atoms with Crippen LogP contribution < -0.4 is 0 Å². The first-order chi connectivity index (χ1) is 6.74. The number of ether oxygens (including phenoxy) is 1. The summed E-state index contributed by atoms with van der Waals surface area (Å²) in [4.78, 5) is 19.5. The second-order valence-corrected chi connectivity index (χ2v) is 3.67. The van der Waals surface area contributed by atoms with E-state index < -0.39 is 5.92 Å². The van der Waals surface area contributed by atoms with Crippen LogP contribution in [0.2, 0.25) is 0 Å². The van der Waals surface area contributed by atoms with Crippen LogP contribution in [0.15, 0.2) is 32.3 Å². The lowest BCUT2D eigenvalue weighted by molar-refractivity contribution is -0.142. The van der Waals surface area contributed by atoms with E-state index in [0.29, 0.717) is 5.84 Å². The Kier molecular flexibility index (Phi) is 2.33. The Morgan fingerprint density at radius 1 is 1.64 bits per heavy atom. The lowest BCUT2D eigenvalue weighted by atomic mass is 9.97. The van der Waals surface area contributed by atoms with Gasteiger partial charge < -0.3 is 4.74 Å². The molecule has 2 aliphatic rings. The van der Waals surface area contributed by atoms with Crippen LogP contribution in [0.3, 0.4) is 0 Å². The van der Waals surface area contributed by atoms with Crippen molar-refractivity contribution in [2.75, 3.05) is 7.11 Å². The SMILES string of the molecule is COC(=O)[C@H]1C=CN=C2N=CC(Br)=C21. The van der Waals surface area contributed by atoms with Crippen molar-refractivity contribution < 1.29 is 9.53 Å². The zero-order valence-electron chi connectivity index (χ0n) is 7.40. The summed E-state index contributed by atoms with van der Waals surface area (Å²) in [6.07, 6.45) is 4.90.